The Morgan fingerprint density at radius 3 is 2.83 bits per heavy atom. The number of carbonyl (C=O) groups is 1. The van der Waals surface area contributed by atoms with Crippen LogP contribution in [0.2, 0.25) is 0 Å². The Morgan fingerprint density at radius 1 is 1.34 bits per heavy atom. The molecule has 8 nitrogen and oxygen atoms in total. The van der Waals surface area contributed by atoms with Crippen LogP contribution in [0.15, 0.2) is 47.3 Å². The summed E-state index contributed by atoms with van der Waals surface area (Å²) in [7, 11) is 1.61. The van der Waals surface area contributed by atoms with E-state index in [0.717, 1.165) is 30.6 Å². The third-order valence-corrected chi connectivity index (χ3v) is 6.49. The van der Waals surface area contributed by atoms with Crippen molar-refractivity contribution in [3.63, 3.8) is 0 Å². The van der Waals surface area contributed by atoms with E-state index in [0.29, 0.717) is 46.4 Å². The second-order valence-electron chi connectivity index (χ2n) is 8.76. The van der Waals surface area contributed by atoms with E-state index < -0.39 is 12.0 Å². The van der Waals surface area contributed by atoms with Gasteiger partial charge in [-0.15, -0.1) is 5.10 Å². The van der Waals surface area contributed by atoms with Crippen LogP contribution < -0.4 is 14.8 Å². The number of thioether (sulfide) groups is 1. The molecule has 2 heterocycles. The normalized spacial score (nSPS) is 15.0. The molecule has 1 aromatic heterocycles. The molecule has 35 heavy (non-hydrogen) atoms. The molecule has 2 aromatic rings. The van der Waals surface area contributed by atoms with E-state index in [2.05, 4.69) is 37.7 Å². The zero-order valence-corrected chi connectivity index (χ0v) is 22.1. The number of methoxy groups -OCH3 is 1. The van der Waals surface area contributed by atoms with Gasteiger partial charge in [0, 0.05) is 11.4 Å². The Bertz CT molecular complexity index is 1060. The lowest BCUT2D eigenvalue weighted by Gasteiger charge is -2.28. The second kappa shape index (κ2) is 12.7. The Kier molecular flexibility index (Phi) is 9.65. The number of rotatable bonds is 13. The van der Waals surface area contributed by atoms with Gasteiger partial charge in [0.05, 0.1) is 19.3 Å². The standard InChI is InChI=1S/C26H36N4O4S/c1-7-9-15-35-26-28-25-27-18(5)22(24(31)34-13-8-2)23(30(25)29-26)19-10-11-20(21(16-19)32-6)33-14-12-17(3)4/h8,10-11,16-17,23H,2,7,9,12-15H2,1,3-6H3,(H,27,28,29). The molecule has 0 saturated heterocycles. The molecule has 1 aliphatic heterocycles. The first-order valence-corrected chi connectivity index (χ1v) is 13.0. The van der Waals surface area contributed by atoms with Gasteiger partial charge in [-0.05, 0) is 43.4 Å². The van der Waals surface area contributed by atoms with Crippen LogP contribution in [0.25, 0.3) is 0 Å². The highest BCUT2D eigenvalue weighted by Gasteiger charge is 2.35. The van der Waals surface area contributed by atoms with Gasteiger partial charge >= 0.3 is 5.97 Å². The van der Waals surface area contributed by atoms with Gasteiger partial charge in [-0.25, -0.2) is 9.48 Å². The molecule has 3 rings (SSSR count). The van der Waals surface area contributed by atoms with Crippen molar-refractivity contribution >= 4 is 23.7 Å². The summed E-state index contributed by atoms with van der Waals surface area (Å²) in [4.78, 5) is 17.8. The minimum absolute atomic E-state index is 0.122. The topological polar surface area (TPSA) is 87.5 Å². The van der Waals surface area contributed by atoms with Crippen LogP contribution in [0.3, 0.4) is 0 Å². The molecular formula is C26H36N4O4S. The molecule has 1 aliphatic rings. The minimum atomic E-state index is -0.532. The quantitative estimate of drug-likeness (QED) is 0.164. The van der Waals surface area contributed by atoms with Crippen LogP contribution in [0.4, 0.5) is 5.95 Å². The van der Waals surface area contributed by atoms with Crippen molar-refractivity contribution in [2.75, 3.05) is 31.4 Å². The average molecular weight is 501 g/mol. The van der Waals surface area contributed by atoms with Gasteiger partial charge in [-0.2, -0.15) is 4.98 Å². The van der Waals surface area contributed by atoms with Gasteiger partial charge in [-0.1, -0.05) is 57.7 Å². The van der Waals surface area contributed by atoms with Crippen LogP contribution in [-0.4, -0.2) is 46.8 Å². The lowest BCUT2D eigenvalue weighted by atomic mass is 9.95. The zero-order chi connectivity index (χ0) is 25.4. The molecule has 1 unspecified atom stereocenters. The summed E-state index contributed by atoms with van der Waals surface area (Å²) in [5.74, 6) is 2.89. The van der Waals surface area contributed by atoms with Crippen molar-refractivity contribution in [2.24, 2.45) is 5.92 Å². The molecule has 0 saturated carbocycles. The first-order chi connectivity index (χ1) is 16.9. The predicted octanol–water partition coefficient (Wildman–Crippen LogP) is 5.62. The molecule has 0 fully saturated rings. The third-order valence-electron chi connectivity index (χ3n) is 5.57. The number of nitrogens with one attached hydrogen (secondary N) is 1. The number of benzene rings is 1. The number of hydrogen-bond donors (Lipinski definition) is 1. The van der Waals surface area contributed by atoms with Gasteiger partial charge in [0.1, 0.15) is 12.6 Å². The first-order valence-electron chi connectivity index (χ1n) is 12.0. The summed E-state index contributed by atoms with van der Waals surface area (Å²) in [6.45, 7) is 12.7. The lowest BCUT2D eigenvalue weighted by molar-refractivity contribution is -0.138. The van der Waals surface area contributed by atoms with E-state index in [9.17, 15) is 4.79 Å². The molecule has 190 valence electrons. The van der Waals surface area contributed by atoms with Crippen LogP contribution in [-0.2, 0) is 9.53 Å². The maximum Gasteiger partial charge on any atom is 0.338 e. The Labute approximate surface area is 212 Å². The summed E-state index contributed by atoms with van der Waals surface area (Å²) >= 11 is 1.61. The highest BCUT2D eigenvalue weighted by molar-refractivity contribution is 7.99. The van der Waals surface area contributed by atoms with Crippen molar-refractivity contribution in [3.05, 3.63) is 47.7 Å². The molecule has 0 amide bonds. The molecule has 0 bridgehead atoms. The number of unbranched alkanes of at least 4 members (excludes halogenated alkanes) is 1. The Hall–Kier alpha value is -2.94. The summed E-state index contributed by atoms with van der Waals surface area (Å²) in [5, 5.41) is 8.64. The number of esters is 1. The molecular weight excluding hydrogens is 464 g/mol. The highest BCUT2D eigenvalue weighted by Crippen LogP contribution is 2.40. The second-order valence-corrected chi connectivity index (χ2v) is 9.82. The van der Waals surface area contributed by atoms with E-state index in [1.54, 1.807) is 29.6 Å². The highest BCUT2D eigenvalue weighted by atomic mass is 32.2. The smallest absolute Gasteiger partial charge is 0.338 e. The monoisotopic (exact) mass is 500 g/mol. The van der Waals surface area contributed by atoms with Crippen LogP contribution >= 0.6 is 11.8 Å². The van der Waals surface area contributed by atoms with E-state index in [1.807, 2.05) is 25.1 Å². The van der Waals surface area contributed by atoms with Crippen LogP contribution in [0.5, 0.6) is 11.5 Å². The largest absolute Gasteiger partial charge is 0.493 e. The number of aromatic nitrogens is 3. The summed E-state index contributed by atoms with van der Waals surface area (Å²) in [6.07, 6.45) is 4.68. The van der Waals surface area contributed by atoms with Crippen molar-refractivity contribution < 1.29 is 19.0 Å². The van der Waals surface area contributed by atoms with E-state index in [4.69, 9.17) is 19.3 Å². The Morgan fingerprint density at radius 2 is 2.14 bits per heavy atom. The zero-order valence-electron chi connectivity index (χ0n) is 21.3. The number of allylic oxidation sites excluding steroid dienone is 1. The number of nitrogens with zero attached hydrogens (tertiary/aromatic N) is 3. The van der Waals surface area contributed by atoms with Gasteiger partial charge in [0.15, 0.2) is 11.5 Å². The van der Waals surface area contributed by atoms with Crippen LogP contribution in [0.1, 0.15) is 58.6 Å². The maximum absolute atomic E-state index is 13.1. The van der Waals surface area contributed by atoms with Gasteiger partial charge in [-0.3, -0.25) is 0 Å². The molecule has 1 atom stereocenters. The molecule has 1 N–H and O–H groups in total. The Balaban J connectivity index is 2.01. The number of carbonyl (C=O) groups excluding carboxylic acids is 1. The van der Waals surface area contributed by atoms with Crippen molar-refractivity contribution in [1.82, 2.24) is 14.8 Å². The number of fused-ring (bicyclic) bond motifs is 1. The fraction of sp³-hybridized carbons (Fsp3) is 0.500. The molecule has 0 radical (unpaired) electrons. The SMILES string of the molecule is C=CCOC(=O)C1=C(C)Nc2nc(SCCCC)nn2C1c1ccc(OCCC(C)C)c(OC)c1. The fourth-order valence-electron chi connectivity index (χ4n) is 3.66. The maximum atomic E-state index is 13.1. The molecule has 0 aliphatic carbocycles. The summed E-state index contributed by atoms with van der Waals surface area (Å²) < 4.78 is 18.8. The van der Waals surface area contributed by atoms with E-state index in [-0.39, 0.29) is 6.61 Å². The number of anilines is 1. The average Bonchev–Trinajstić information content (AvgIpc) is 3.23. The van der Waals surface area contributed by atoms with E-state index in [1.165, 1.54) is 0 Å². The van der Waals surface area contributed by atoms with Gasteiger partial charge < -0.3 is 19.5 Å². The molecule has 0 spiro atoms. The van der Waals surface area contributed by atoms with Crippen molar-refractivity contribution in [2.45, 2.75) is 58.2 Å². The van der Waals surface area contributed by atoms with Crippen molar-refractivity contribution in [3.8, 4) is 11.5 Å². The predicted molar refractivity (Wildman–Crippen MR) is 139 cm³/mol. The number of hydrogen-bond acceptors (Lipinski definition) is 8. The number of ether oxygens (including phenoxy) is 3. The molecule has 1 aromatic carbocycles. The van der Waals surface area contributed by atoms with Crippen LogP contribution in [0, 0.1) is 5.92 Å². The summed E-state index contributed by atoms with van der Waals surface area (Å²) in [5.41, 5.74) is 1.95. The lowest BCUT2D eigenvalue weighted by Crippen LogP contribution is -2.29. The molecule has 9 heteroatoms. The third kappa shape index (κ3) is 6.60. The van der Waals surface area contributed by atoms with Gasteiger partial charge in [0.2, 0.25) is 11.1 Å². The summed E-state index contributed by atoms with van der Waals surface area (Å²) in [6, 6.07) is 5.18. The van der Waals surface area contributed by atoms with Gasteiger partial charge in [0.25, 0.3) is 0 Å². The first kappa shape index (κ1) is 26.7. The fourth-order valence-corrected chi connectivity index (χ4v) is 4.58. The van der Waals surface area contributed by atoms with E-state index >= 15 is 0 Å². The van der Waals surface area contributed by atoms with Crippen molar-refractivity contribution in [1.29, 1.82) is 0 Å². The minimum Gasteiger partial charge on any atom is -0.493 e.